The van der Waals surface area contributed by atoms with Crippen molar-refractivity contribution in [2.24, 2.45) is 11.3 Å². The zero-order chi connectivity index (χ0) is 25.4. The lowest BCUT2D eigenvalue weighted by atomic mass is 9.55. The Kier molecular flexibility index (Phi) is 5.39. The summed E-state index contributed by atoms with van der Waals surface area (Å²) in [5.41, 5.74) is -6.09. The maximum atomic E-state index is 12.9. The molecule has 10 nitrogen and oxygen atoms in total. The van der Waals surface area contributed by atoms with E-state index in [1.165, 1.54) is 45.9 Å². The van der Waals surface area contributed by atoms with Crippen molar-refractivity contribution in [3.63, 3.8) is 0 Å². The number of carbonyl (C=O) groups is 4. The van der Waals surface area contributed by atoms with Crippen molar-refractivity contribution in [1.29, 1.82) is 0 Å². The lowest BCUT2D eigenvalue weighted by Crippen LogP contribution is -2.66. The molecular formula is C24H30O10. The Morgan fingerprint density at radius 2 is 1.74 bits per heavy atom. The Labute approximate surface area is 196 Å². The minimum atomic E-state index is -2.11. The van der Waals surface area contributed by atoms with E-state index in [-0.39, 0.29) is 6.42 Å². The zero-order valence-electron chi connectivity index (χ0n) is 20.0. The second-order valence-electron chi connectivity index (χ2n) is 10.2. The van der Waals surface area contributed by atoms with E-state index in [2.05, 4.69) is 0 Å². The van der Waals surface area contributed by atoms with Crippen LogP contribution in [-0.2, 0) is 38.1 Å². The van der Waals surface area contributed by atoms with Gasteiger partial charge in [-0.1, -0.05) is 13.0 Å². The van der Waals surface area contributed by atoms with E-state index in [0.29, 0.717) is 5.57 Å². The van der Waals surface area contributed by atoms with Gasteiger partial charge in [0.05, 0.1) is 6.10 Å². The molecule has 34 heavy (non-hydrogen) atoms. The Balaban J connectivity index is 2.03. The summed E-state index contributed by atoms with van der Waals surface area (Å²) in [5.74, 6) is -3.93. The number of rotatable bonds is 2. The first-order chi connectivity index (χ1) is 15.6. The predicted molar refractivity (Wildman–Crippen MR) is 114 cm³/mol. The summed E-state index contributed by atoms with van der Waals surface area (Å²) in [5, 5.41) is 22.5. The molecule has 0 radical (unpaired) electrons. The number of epoxide rings is 1. The fourth-order valence-corrected chi connectivity index (χ4v) is 5.97. The van der Waals surface area contributed by atoms with Crippen LogP contribution in [0.1, 0.15) is 48.0 Å². The van der Waals surface area contributed by atoms with E-state index in [1.807, 2.05) is 0 Å². The largest absolute Gasteiger partial charge is 0.462 e. The smallest absolute Gasteiger partial charge is 0.342 e. The molecule has 2 fully saturated rings. The monoisotopic (exact) mass is 478 g/mol. The van der Waals surface area contributed by atoms with Crippen LogP contribution in [0.3, 0.4) is 0 Å². The summed E-state index contributed by atoms with van der Waals surface area (Å²) in [6.45, 7) is 8.44. The first-order valence-corrected chi connectivity index (χ1v) is 11.2. The molecule has 0 aromatic carbocycles. The number of carbonyl (C=O) groups excluding carboxylic acids is 4. The van der Waals surface area contributed by atoms with Crippen LogP contribution >= 0.6 is 0 Å². The molecule has 2 aliphatic carbocycles. The van der Waals surface area contributed by atoms with Gasteiger partial charge in [0.25, 0.3) is 0 Å². The maximum Gasteiger partial charge on any atom is 0.342 e. The highest BCUT2D eigenvalue weighted by Gasteiger charge is 2.87. The first-order valence-electron chi connectivity index (χ1n) is 11.2. The SMILES string of the molecule is CC(=O)OC1[C@H]2[C@@](C)(C=CC(=O)[C@]2(C)O)[C@H](OC(C)=O)C[C@H](O)/C(C)=C\[C@H]2OC(=O)[C@@]3(C)O[C@@]123. The van der Waals surface area contributed by atoms with Crippen molar-refractivity contribution < 1.29 is 48.3 Å². The molecule has 9 atom stereocenters. The molecule has 4 rings (SSSR count). The van der Waals surface area contributed by atoms with Crippen LogP contribution in [0.5, 0.6) is 0 Å². The average molecular weight is 478 g/mol. The van der Waals surface area contributed by atoms with Gasteiger partial charge in [-0.25, -0.2) is 4.79 Å². The molecule has 0 aromatic heterocycles. The van der Waals surface area contributed by atoms with Crippen LogP contribution in [-0.4, -0.2) is 75.1 Å². The number of ketones is 1. The van der Waals surface area contributed by atoms with E-state index in [4.69, 9.17) is 18.9 Å². The van der Waals surface area contributed by atoms with Crippen molar-refractivity contribution in [1.82, 2.24) is 0 Å². The average Bonchev–Trinajstić information content (AvgIpc) is 3.30. The van der Waals surface area contributed by atoms with E-state index in [0.717, 1.165) is 0 Å². The number of hydrogen-bond donors (Lipinski definition) is 2. The summed E-state index contributed by atoms with van der Waals surface area (Å²) >= 11 is 0. The molecule has 4 aliphatic rings. The third kappa shape index (κ3) is 3.19. The van der Waals surface area contributed by atoms with Crippen LogP contribution in [0.15, 0.2) is 23.8 Å². The van der Waals surface area contributed by atoms with E-state index < -0.39 is 76.2 Å². The molecule has 0 aromatic rings. The Hall–Kier alpha value is -2.56. The third-order valence-electron chi connectivity index (χ3n) is 7.89. The van der Waals surface area contributed by atoms with E-state index >= 15 is 0 Å². The molecule has 0 bridgehead atoms. The van der Waals surface area contributed by atoms with Crippen LogP contribution in [0.25, 0.3) is 0 Å². The van der Waals surface area contributed by atoms with E-state index in [1.54, 1.807) is 13.8 Å². The lowest BCUT2D eigenvalue weighted by molar-refractivity contribution is -0.199. The van der Waals surface area contributed by atoms with Gasteiger partial charge < -0.3 is 29.2 Å². The maximum absolute atomic E-state index is 12.9. The fraction of sp³-hybridized carbons (Fsp3) is 0.667. The highest BCUT2D eigenvalue weighted by molar-refractivity contribution is 5.98. The van der Waals surface area contributed by atoms with Gasteiger partial charge in [0.1, 0.15) is 17.8 Å². The van der Waals surface area contributed by atoms with Crippen molar-refractivity contribution >= 4 is 23.7 Å². The van der Waals surface area contributed by atoms with Gasteiger partial charge in [-0.3, -0.25) is 14.4 Å². The Morgan fingerprint density at radius 1 is 1.12 bits per heavy atom. The van der Waals surface area contributed by atoms with Crippen LogP contribution in [0, 0.1) is 11.3 Å². The van der Waals surface area contributed by atoms with E-state index in [9.17, 15) is 29.4 Å². The van der Waals surface area contributed by atoms with Gasteiger partial charge in [0, 0.05) is 31.6 Å². The van der Waals surface area contributed by atoms with Gasteiger partial charge in [0.2, 0.25) is 0 Å². The minimum Gasteiger partial charge on any atom is -0.462 e. The number of hydrogen-bond acceptors (Lipinski definition) is 10. The third-order valence-corrected chi connectivity index (χ3v) is 7.89. The number of ether oxygens (including phenoxy) is 4. The summed E-state index contributed by atoms with van der Waals surface area (Å²) in [6, 6.07) is 0. The highest BCUT2D eigenvalue weighted by Crippen LogP contribution is 2.65. The summed E-state index contributed by atoms with van der Waals surface area (Å²) in [4.78, 5) is 50.1. The molecular weight excluding hydrogens is 448 g/mol. The topological polar surface area (TPSA) is 149 Å². The number of fused-ring (bicyclic) bond motifs is 1. The Bertz CT molecular complexity index is 1030. The molecule has 1 spiro atoms. The molecule has 2 heterocycles. The van der Waals surface area contributed by atoms with Crippen LogP contribution in [0.4, 0.5) is 0 Å². The molecule has 1 unspecified atom stereocenters. The van der Waals surface area contributed by atoms with Crippen LogP contribution < -0.4 is 0 Å². The van der Waals surface area contributed by atoms with Gasteiger partial charge in [0.15, 0.2) is 23.1 Å². The zero-order valence-corrected chi connectivity index (χ0v) is 20.0. The highest BCUT2D eigenvalue weighted by atomic mass is 16.7. The number of aliphatic hydroxyl groups excluding tert-OH is 1. The molecule has 2 N–H and O–H groups in total. The number of aliphatic hydroxyl groups is 2. The molecule has 2 saturated heterocycles. The second-order valence-corrected chi connectivity index (χ2v) is 10.2. The first kappa shape index (κ1) is 24.6. The number of esters is 3. The van der Waals surface area contributed by atoms with Gasteiger partial charge in [-0.2, -0.15) is 0 Å². The van der Waals surface area contributed by atoms with Crippen molar-refractivity contribution in [3.8, 4) is 0 Å². The second kappa shape index (κ2) is 7.47. The predicted octanol–water partition coefficient (Wildman–Crippen LogP) is 0.526. The fourth-order valence-electron chi connectivity index (χ4n) is 5.97. The normalized spacial score (nSPS) is 48.9. The molecule has 2 aliphatic heterocycles. The molecule has 10 heteroatoms. The van der Waals surface area contributed by atoms with Gasteiger partial charge in [-0.15, -0.1) is 0 Å². The quantitative estimate of drug-likeness (QED) is 0.249. The van der Waals surface area contributed by atoms with Crippen molar-refractivity contribution in [2.75, 3.05) is 0 Å². The molecule has 186 valence electrons. The minimum absolute atomic E-state index is 0.0812. The summed E-state index contributed by atoms with van der Waals surface area (Å²) < 4.78 is 22.9. The lowest BCUT2D eigenvalue weighted by Gasteiger charge is -2.52. The summed E-state index contributed by atoms with van der Waals surface area (Å²) in [6.07, 6.45) is -0.423. The van der Waals surface area contributed by atoms with Crippen LogP contribution in [0.2, 0.25) is 0 Å². The molecule has 0 amide bonds. The standard InChI is InChI=1S/C24H30O10/c1-11-9-17-24(23(6,34-24)20(29)33-17)19(32-13(3)26)18-21(4,8-7-15(28)22(18,5)30)16(10-14(11)27)31-12(2)25/h7-9,14,16-19,27,30H,10H2,1-6H3/b11-9-/t14-,16+,17+,18-,19?,21-,22-,23+,24+/m0/s1. The van der Waals surface area contributed by atoms with Gasteiger partial charge >= 0.3 is 17.9 Å². The van der Waals surface area contributed by atoms with Gasteiger partial charge in [-0.05, 0) is 38.5 Å². The summed E-state index contributed by atoms with van der Waals surface area (Å²) in [7, 11) is 0. The van der Waals surface area contributed by atoms with Crippen molar-refractivity contribution in [3.05, 3.63) is 23.8 Å². The molecule has 0 saturated carbocycles. The van der Waals surface area contributed by atoms with Crippen molar-refractivity contribution in [2.45, 2.75) is 89.2 Å². The Morgan fingerprint density at radius 3 is 2.29 bits per heavy atom.